The number of methoxy groups -OCH3 is 1. The van der Waals surface area contributed by atoms with E-state index in [1.807, 2.05) is 6.08 Å². The molecule has 0 fully saturated rings. The zero-order valence-corrected chi connectivity index (χ0v) is 15.6. The monoisotopic (exact) mass is 356 g/mol. The van der Waals surface area contributed by atoms with E-state index in [-0.39, 0.29) is 12.5 Å². The van der Waals surface area contributed by atoms with E-state index in [0.29, 0.717) is 6.54 Å². The van der Waals surface area contributed by atoms with Gasteiger partial charge in [0.25, 0.3) is 0 Å². The van der Waals surface area contributed by atoms with Crippen LogP contribution in [0.3, 0.4) is 0 Å². The summed E-state index contributed by atoms with van der Waals surface area (Å²) in [6, 6.07) is -0.806. The molecular formula is C18H32N2O5. The molecule has 0 saturated carbocycles. The highest BCUT2D eigenvalue weighted by Crippen LogP contribution is 2.10. The number of allylic oxidation sites excluding steroid dienone is 1. The number of alkyl carbamates (subject to hydrolysis) is 1. The van der Waals surface area contributed by atoms with Crippen LogP contribution in [0.15, 0.2) is 12.7 Å². The molecule has 0 aliphatic rings. The molecule has 0 aliphatic carbocycles. The van der Waals surface area contributed by atoms with Gasteiger partial charge in [-0.2, -0.15) is 0 Å². The van der Waals surface area contributed by atoms with Gasteiger partial charge in [0.05, 0.1) is 7.11 Å². The van der Waals surface area contributed by atoms with Gasteiger partial charge in [-0.05, 0) is 25.2 Å². The number of rotatable bonds is 13. The molecule has 0 spiro atoms. The van der Waals surface area contributed by atoms with Crippen molar-refractivity contribution in [1.82, 2.24) is 10.2 Å². The summed E-state index contributed by atoms with van der Waals surface area (Å²) < 4.78 is 4.54. The average Bonchev–Trinajstić information content (AvgIpc) is 2.56. The average molecular weight is 356 g/mol. The third-order valence-electron chi connectivity index (χ3n) is 3.87. The van der Waals surface area contributed by atoms with Crippen molar-refractivity contribution in [2.24, 2.45) is 5.92 Å². The molecule has 1 atom stereocenters. The number of hydrogen-bond acceptors (Lipinski definition) is 4. The highest BCUT2D eigenvalue weighted by molar-refractivity contribution is 5.88. The number of nitrogens with one attached hydrogen (secondary N) is 1. The van der Waals surface area contributed by atoms with Crippen LogP contribution in [0, 0.1) is 5.92 Å². The normalized spacial score (nSPS) is 11.7. The van der Waals surface area contributed by atoms with Gasteiger partial charge in [-0.25, -0.2) is 4.79 Å². The Morgan fingerprint density at radius 1 is 1.16 bits per heavy atom. The lowest BCUT2D eigenvalue weighted by molar-refractivity contribution is -0.145. The number of unbranched alkanes of at least 4 members (excludes halogenated alkanes) is 5. The minimum atomic E-state index is -1.07. The van der Waals surface area contributed by atoms with Gasteiger partial charge in [-0.1, -0.05) is 39.2 Å². The predicted octanol–water partition coefficient (Wildman–Crippen LogP) is 2.81. The van der Waals surface area contributed by atoms with E-state index in [1.165, 1.54) is 12.0 Å². The third-order valence-corrected chi connectivity index (χ3v) is 3.87. The van der Waals surface area contributed by atoms with E-state index in [9.17, 15) is 14.4 Å². The summed E-state index contributed by atoms with van der Waals surface area (Å²) in [7, 11) is 1.22. The van der Waals surface area contributed by atoms with E-state index < -0.39 is 24.0 Å². The molecule has 0 heterocycles. The molecule has 2 amide bonds. The van der Waals surface area contributed by atoms with E-state index in [1.54, 1.807) is 13.8 Å². The molecular weight excluding hydrogens is 324 g/mol. The van der Waals surface area contributed by atoms with Crippen molar-refractivity contribution >= 4 is 18.0 Å². The summed E-state index contributed by atoms with van der Waals surface area (Å²) in [5.74, 6) is -1.64. The number of carbonyl (C=O) groups excluding carboxylic acids is 2. The maximum atomic E-state index is 12.7. The van der Waals surface area contributed by atoms with Gasteiger partial charge in [0, 0.05) is 6.54 Å². The second-order valence-corrected chi connectivity index (χ2v) is 6.36. The topological polar surface area (TPSA) is 95.9 Å². The zero-order chi connectivity index (χ0) is 19.2. The Hall–Kier alpha value is -2.05. The van der Waals surface area contributed by atoms with Gasteiger partial charge in [0.1, 0.15) is 12.6 Å². The van der Waals surface area contributed by atoms with Crippen LogP contribution in [0.4, 0.5) is 4.79 Å². The van der Waals surface area contributed by atoms with Crippen LogP contribution in [0.2, 0.25) is 0 Å². The molecule has 0 saturated heterocycles. The van der Waals surface area contributed by atoms with Gasteiger partial charge in [0.15, 0.2) is 0 Å². The molecule has 25 heavy (non-hydrogen) atoms. The number of ether oxygens (including phenoxy) is 1. The number of nitrogens with zero attached hydrogens (tertiary/aromatic N) is 1. The Balaban J connectivity index is 4.64. The second-order valence-electron chi connectivity index (χ2n) is 6.36. The summed E-state index contributed by atoms with van der Waals surface area (Å²) in [4.78, 5) is 36.5. The number of aliphatic carboxylic acids is 1. The fourth-order valence-corrected chi connectivity index (χ4v) is 2.45. The molecule has 7 heteroatoms. The van der Waals surface area contributed by atoms with E-state index in [4.69, 9.17) is 5.11 Å². The Bertz CT molecular complexity index is 437. The molecule has 2 N–H and O–H groups in total. The SMILES string of the molecule is C=CCCCCCCCN(CC(=O)O)C(=O)C(NC(=O)OC)C(C)C. The molecule has 0 aromatic carbocycles. The maximum absolute atomic E-state index is 12.7. The van der Waals surface area contributed by atoms with Crippen molar-refractivity contribution in [2.75, 3.05) is 20.2 Å². The number of hydrogen-bond donors (Lipinski definition) is 2. The summed E-state index contributed by atoms with van der Waals surface area (Å²) in [5.41, 5.74) is 0. The first-order chi connectivity index (χ1) is 11.8. The predicted molar refractivity (Wildman–Crippen MR) is 96.3 cm³/mol. The lowest BCUT2D eigenvalue weighted by Crippen LogP contribution is -2.52. The van der Waals surface area contributed by atoms with Crippen LogP contribution in [-0.2, 0) is 14.3 Å². The van der Waals surface area contributed by atoms with Crippen molar-refractivity contribution in [3.63, 3.8) is 0 Å². The van der Waals surface area contributed by atoms with Gasteiger partial charge >= 0.3 is 12.1 Å². The lowest BCUT2D eigenvalue weighted by Gasteiger charge is -2.28. The highest BCUT2D eigenvalue weighted by Gasteiger charge is 2.29. The van der Waals surface area contributed by atoms with Crippen molar-refractivity contribution < 1.29 is 24.2 Å². The summed E-state index contributed by atoms with van der Waals surface area (Å²) in [6.45, 7) is 7.25. The Morgan fingerprint density at radius 3 is 2.28 bits per heavy atom. The number of carboxylic acids is 1. The zero-order valence-electron chi connectivity index (χ0n) is 15.6. The Labute approximate surface area is 150 Å². The van der Waals surface area contributed by atoms with Gasteiger partial charge < -0.3 is 20.1 Å². The van der Waals surface area contributed by atoms with Crippen molar-refractivity contribution in [2.45, 2.75) is 58.4 Å². The van der Waals surface area contributed by atoms with Gasteiger partial charge in [-0.15, -0.1) is 6.58 Å². The van der Waals surface area contributed by atoms with Crippen LogP contribution >= 0.6 is 0 Å². The minimum Gasteiger partial charge on any atom is -0.480 e. The molecule has 1 unspecified atom stereocenters. The van der Waals surface area contributed by atoms with E-state index in [2.05, 4.69) is 16.6 Å². The molecule has 144 valence electrons. The first-order valence-electron chi connectivity index (χ1n) is 8.79. The van der Waals surface area contributed by atoms with Crippen molar-refractivity contribution in [3.8, 4) is 0 Å². The lowest BCUT2D eigenvalue weighted by atomic mass is 10.0. The second kappa shape index (κ2) is 13.3. The molecule has 0 aromatic rings. The maximum Gasteiger partial charge on any atom is 0.407 e. The highest BCUT2D eigenvalue weighted by atomic mass is 16.5. The minimum absolute atomic E-state index is 0.179. The standard InChI is InChI=1S/C18H32N2O5/c1-5-6-7-8-9-10-11-12-20(13-15(21)22)17(23)16(14(2)3)19-18(24)25-4/h5,14,16H,1,6-13H2,2-4H3,(H,19,24)(H,21,22). The molecule has 0 radical (unpaired) electrons. The summed E-state index contributed by atoms with van der Waals surface area (Å²) >= 11 is 0. The van der Waals surface area contributed by atoms with Crippen LogP contribution in [-0.4, -0.2) is 54.2 Å². The quantitative estimate of drug-likeness (QED) is 0.391. The van der Waals surface area contributed by atoms with E-state index >= 15 is 0 Å². The first-order valence-corrected chi connectivity index (χ1v) is 8.79. The van der Waals surface area contributed by atoms with E-state index in [0.717, 1.165) is 38.5 Å². The van der Waals surface area contributed by atoms with Crippen LogP contribution in [0.25, 0.3) is 0 Å². The number of carboxylic acid groups (broad SMARTS) is 1. The largest absolute Gasteiger partial charge is 0.480 e. The molecule has 7 nitrogen and oxygen atoms in total. The third kappa shape index (κ3) is 10.4. The van der Waals surface area contributed by atoms with Crippen LogP contribution < -0.4 is 5.32 Å². The van der Waals surface area contributed by atoms with Crippen LogP contribution in [0.1, 0.15) is 52.4 Å². The van der Waals surface area contributed by atoms with Crippen molar-refractivity contribution in [3.05, 3.63) is 12.7 Å². The Morgan fingerprint density at radius 2 is 1.76 bits per heavy atom. The molecule has 0 bridgehead atoms. The fourth-order valence-electron chi connectivity index (χ4n) is 2.45. The van der Waals surface area contributed by atoms with Gasteiger partial charge in [-0.3, -0.25) is 9.59 Å². The van der Waals surface area contributed by atoms with Crippen LogP contribution in [0.5, 0.6) is 0 Å². The Kier molecular flexibility index (Phi) is 12.2. The smallest absolute Gasteiger partial charge is 0.407 e. The van der Waals surface area contributed by atoms with Gasteiger partial charge in [0.2, 0.25) is 5.91 Å². The molecule has 0 aliphatic heterocycles. The number of carbonyl (C=O) groups is 3. The van der Waals surface area contributed by atoms with Crippen molar-refractivity contribution in [1.29, 1.82) is 0 Å². The molecule has 0 aromatic heterocycles. The first kappa shape index (κ1) is 22.9. The summed E-state index contributed by atoms with van der Waals surface area (Å²) in [6.07, 6.45) is 7.08. The fraction of sp³-hybridized carbons (Fsp3) is 0.722. The summed E-state index contributed by atoms with van der Waals surface area (Å²) in [5, 5.41) is 11.6. The number of amides is 2. The molecule has 0 rings (SSSR count).